The van der Waals surface area contributed by atoms with E-state index in [0.717, 1.165) is 52.6 Å². The Morgan fingerprint density at radius 3 is 0.717 bits per heavy atom. The van der Waals surface area contributed by atoms with Crippen LogP contribution in [-0.4, -0.2) is 30.0 Å². The molecule has 7 nitrogen and oxygen atoms in total. The Bertz CT molecular complexity index is 1790. The molecule has 0 aliphatic carbocycles. The summed E-state index contributed by atoms with van der Waals surface area (Å²) in [6.45, 7) is 12.3. The topological polar surface area (TPSA) is 138 Å². The Morgan fingerprint density at radius 2 is 0.547 bits per heavy atom. The van der Waals surface area contributed by atoms with Gasteiger partial charge in [-0.2, -0.15) is 0 Å². The SMILES string of the molecule is Cc1cc(O)cc(C)c1Cc1ccccc1.Cc1cc(O)cc(C)c1Cc1ccccc1.Cc1cc(O)cc(C)c1Cc1ccccc1.O=P(O)(O)O. The predicted octanol–water partition coefficient (Wildman–Crippen LogP) is 9.87. The fourth-order valence-electron chi connectivity index (χ4n) is 6.15. The summed E-state index contributed by atoms with van der Waals surface area (Å²) in [7, 11) is -4.64. The zero-order valence-corrected chi connectivity index (χ0v) is 32.2. The molecule has 8 heteroatoms. The maximum absolute atomic E-state index is 9.48. The highest BCUT2D eigenvalue weighted by molar-refractivity contribution is 7.45. The minimum Gasteiger partial charge on any atom is -0.508 e. The van der Waals surface area contributed by atoms with Crippen molar-refractivity contribution >= 4 is 7.82 Å². The summed E-state index contributed by atoms with van der Waals surface area (Å²) in [5, 5.41) is 28.5. The minimum atomic E-state index is -4.64. The highest BCUT2D eigenvalue weighted by Crippen LogP contribution is 2.27. The average molecular weight is 735 g/mol. The number of phenols is 3. The fraction of sp³-hybridized carbons (Fsp3) is 0.200. The van der Waals surface area contributed by atoms with Crippen LogP contribution in [0.4, 0.5) is 0 Å². The van der Waals surface area contributed by atoms with Crippen LogP contribution in [0, 0.1) is 41.5 Å². The van der Waals surface area contributed by atoms with Crippen LogP contribution in [0.25, 0.3) is 0 Å². The molecule has 0 aliphatic heterocycles. The highest BCUT2D eigenvalue weighted by Gasteiger charge is 2.08. The lowest BCUT2D eigenvalue weighted by molar-refractivity contribution is 0.275. The molecule has 0 heterocycles. The molecule has 0 atom stereocenters. The first-order valence-electron chi connectivity index (χ1n) is 17.3. The highest BCUT2D eigenvalue weighted by atomic mass is 31.2. The van der Waals surface area contributed by atoms with Gasteiger partial charge >= 0.3 is 7.82 Å². The van der Waals surface area contributed by atoms with Gasteiger partial charge in [0.1, 0.15) is 17.2 Å². The molecule has 6 rings (SSSR count). The van der Waals surface area contributed by atoms with Gasteiger partial charge in [0.25, 0.3) is 0 Å². The van der Waals surface area contributed by atoms with E-state index in [1.807, 2.05) is 96.1 Å². The zero-order chi connectivity index (χ0) is 39.1. The summed E-state index contributed by atoms with van der Waals surface area (Å²) in [5.74, 6) is 1.06. The van der Waals surface area contributed by atoms with Gasteiger partial charge in [-0.3, -0.25) is 0 Å². The molecular formula is C45H51O7P. The maximum Gasteiger partial charge on any atom is 0.466 e. The molecule has 278 valence electrons. The third kappa shape index (κ3) is 15.1. The van der Waals surface area contributed by atoms with Gasteiger partial charge in [-0.05, 0) is 164 Å². The number of phenolic OH excluding ortho intramolecular Hbond substituents is 3. The van der Waals surface area contributed by atoms with Gasteiger partial charge in [-0.25, -0.2) is 4.57 Å². The van der Waals surface area contributed by atoms with Crippen LogP contribution in [-0.2, 0) is 23.8 Å². The molecule has 53 heavy (non-hydrogen) atoms. The number of aryl methyl sites for hydroxylation is 6. The number of hydrogen-bond acceptors (Lipinski definition) is 4. The minimum absolute atomic E-state index is 0.354. The van der Waals surface area contributed by atoms with E-state index in [4.69, 9.17) is 19.2 Å². The lowest BCUT2D eigenvalue weighted by Gasteiger charge is -2.10. The van der Waals surface area contributed by atoms with E-state index in [1.165, 1.54) is 33.4 Å². The van der Waals surface area contributed by atoms with Crippen molar-refractivity contribution in [3.63, 3.8) is 0 Å². The predicted molar refractivity (Wildman–Crippen MR) is 215 cm³/mol. The monoisotopic (exact) mass is 734 g/mol. The van der Waals surface area contributed by atoms with E-state index in [2.05, 4.69) is 72.8 Å². The van der Waals surface area contributed by atoms with Gasteiger partial charge < -0.3 is 30.0 Å². The van der Waals surface area contributed by atoms with Gasteiger partial charge in [-0.1, -0.05) is 91.0 Å². The van der Waals surface area contributed by atoms with Crippen molar-refractivity contribution in [2.45, 2.75) is 60.8 Å². The van der Waals surface area contributed by atoms with Crippen molar-refractivity contribution in [3.8, 4) is 17.2 Å². The largest absolute Gasteiger partial charge is 0.508 e. The molecule has 6 aromatic carbocycles. The molecule has 0 aliphatic rings. The number of hydrogen-bond donors (Lipinski definition) is 6. The molecule has 6 aromatic rings. The van der Waals surface area contributed by atoms with E-state index in [9.17, 15) is 15.3 Å². The van der Waals surface area contributed by atoms with E-state index >= 15 is 0 Å². The Kier molecular flexibility index (Phi) is 16.1. The summed E-state index contributed by atoms with van der Waals surface area (Å²) in [5.41, 5.74) is 14.8. The van der Waals surface area contributed by atoms with Gasteiger partial charge in [0.15, 0.2) is 0 Å². The van der Waals surface area contributed by atoms with Crippen LogP contribution in [0.15, 0.2) is 127 Å². The summed E-state index contributed by atoms with van der Waals surface area (Å²) in [6, 6.07) is 42.2. The smallest absolute Gasteiger partial charge is 0.466 e. The second-order valence-corrected chi connectivity index (χ2v) is 14.2. The molecule has 0 saturated carbocycles. The van der Waals surface area contributed by atoms with Crippen molar-refractivity contribution in [1.82, 2.24) is 0 Å². The fourth-order valence-corrected chi connectivity index (χ4v) is 6.15. The molecule has 0 bridgehead atoms. The van der Waals surface area contributed by atoms with E-state index in [-0.39, 0.29) is 0 Å². The lowest BCUT2D eigenvalue weighted by atomic mass is 9.96. The van der Waals surface area contributed by atoms with Crippen LogP contribution in [0.1, 0.15) is 66.8 Å². The first kappa shape index (κ1) is 42.2. The number of rotatable bonds is 6. The first-order chi connectivity index (χ1) is 25.0. The molecule has 0 unspecified atom stereocenters. The molecule has 0 radical (unpaired) electrons. The second-order valence-electron chi connectivity index (χ2n) is 13.2. The van der Waals surface area contributed by atoms with Gasteiger partial charge in [0.2, 0.25) is 0 Å². The third-order valence-electron chi connectivity index (χ3n) is 8.71. The van der Waals surface area contributed by atoms with Crippen LogP contribution in [0.3, 0.4) is 0 Å². The third-order valence-corrected chi connectivity index (χ3v) is 8.71. The summed E-state index contributed by atoms with van der Waals surface area (Å²) in [6.07, 6.45) is 2.79. The van der Waals surface area contributed by atoms with Crippen LogP contribution >= 0.6 is 7.82 Å². The summed E-state index contributed by atoms with van der Waals surface area (Å²) < 4.78 is 8.88. The van der Waals surface area contributed by atoms with E-state index in [0.29, 0.717) is 17.2 Å². The van der Waals surface area contributed by atoms with Crippen LogP contribution in [0.5, 0.6) is 17.2 Å². The second kappa shape index (κ2) is 20.2. The lowest BCUT2D eigenvalue weighted by Crippen LogP contribution is -1.95. The number of aromatic hydroxyl groups is 3. The summed E-state index contributed by atoms with van der Waals surface area (Å²) >= 11 is 0. The maximum atomic E-state index is 9.48. The summed E-state index contributed by atoms with van der Waals surface area (Å²) in [4.78, 5) is 21.6. The van der Waals surface area contributed by atoms with Crippen LogP contribution in [0.2, 0.25) is 0 Å². The molecule has 0 saturated heterocycles. The van der Waals surface area contributed by atoms with Crippen molar-refractivity contribution in [3.05, 3.63) is 194 Å². The van der Waals surface area contributed by atoms with Gasteiger partial charge in [0.05, 0.1) is 0 Å². The molecule has 6 N–H and O–H groups in total. The molecular weight excluding hydrogens is 683 g/mol. The molecule has 0 aromatic heterocycles. The molecule has 0 spiro atoms. The zero-order valence-electron chi connectivity index (χ0n) is 31.3. The molecule has 0 amide bonds. The Hall–Kier alpha value is -5.17. The Morgan fingerprint density at radius 1 is 0.377 bits per heavy atom. The number of phosphoric acid groups is 1. The molecule has 0 fully saturated rings. The average Bonchev–Trinajstić information content (AvgIpc) is 3.07. The van der Waals surface area contributed by atoms with E-state index < -0.39 is 7.82 Å². The van der Waals surface area contributed by atoms with Crippen molar-refractivity contribution in [1.29, 1.82) is 0 Å². The Labute approximate surface area is 313 Å². The van der Waals surface area contributed by atoms with Crippen molar-refractivity contribution in [2.24, 2.45) is 0 Å². The first-order valence-corrected chi connectivity index (χ1v) is 18.8. The number of benzene rings is 6. The van der Waals surface area contributed by atoms with E-state index in [1.54, 1.807) is 0 Å². The van der Waals surface area contributed by atoms with Crippen molar-refractivity contribution < 1.29 is 34.6 Å². The quantitative estimate of drug-likeness (QED) is 0.0937. The standard InChI is InChI=1S/3C15H16O.H3O4P/c3*1-11-8-14(16)9-12(2)15(11)10-13-6-4-3-5-7-13;1-5(2,3)4/h3*3-9,16H,10H2,1-2H3;(H3,1,2,3,4). The van der Waals surface area contributed by atoms with Crippen LogP contribution < -0.4 is 0 Å². The van der Waals surface area contributed by atoms with Gasteiger partial charge in [0, 0.05) is 0 Å². The normalized spacial score (nSPS) is 10.5. The van der Waals surface area contributed by atoms with Gasteiger partial charge in [-0.15, -0.1) is 0 Å². The van der Waals surface area contributed by atoms with Crippen molar-refractivity contribution in [2.75, 3.05) is 0 Å². The Balaban J connectivity index is 0.000000201.